The number of hydrogen-bond acceptors (Lipinski definition) is 5. The van der Waals surface area contributed by atoms with Crippen LogP contribution in [0.5, 0.6) is 0 Å². The molecule has 26 heavy (non-hydrogen) atoms. The van der Waals surface area contributed by atoms with E-state index in [1.807, 2.05) is 47.2 Å². The quantitative estimate of drug-likeness (QED) is 0.370. The van der Waals surface area contributed by atoms with Crippen molar-refractivity contribution in [1.29, 1.82) is 0 Å². The van der Waals surface area contributed by atoms with Gasteiger partial charge in [-0.05, 0) is 83.8 Å². The van der Waals surface area contributed by atoms with Crippen molar-refractivity contribution >= 4 is 57.5 Å². The van der Waals surface area contributed by atoms with Crippen molar-refractivity contribution < 1.29 is 19.1 Å². The van der Waals surface area contributed by atoms with E-state index in [9.17, 15) is 14.4 Å². The first-order valence-corrected chi connectivity index (χ1v) is 9.73. The van der Waals surface area contributed by atoms with Crippen LogP contribution in [0.4, 0.5) is 4.79 Å². The van der Waals surface area contributed by atoms with Gasteiger partial charge in [0.1, 0.15) is 6.54 Å². The zero-order valence-electron chi connectivity index (χ0n) is 13.8. The standard InChI is InChI=1S/C18H15IN2O4S/c1-2-25-16(22)11-21-17(23)15(26-18(21)24)10-14-4-3-9-20(14)13-7-5-12(19)6-8-13/h3-10H,2,11H2,1H3/b15-10+. The molecule has 0 spiro atoms. The van der Waals surface area contributed by atoms with Crippen molar-refractivity contribution in [3.05, 3.63) is 56.8 Å². The number of thioether (sulfide) groups is 1. The van der Waals surface area contributed by atoms with Gasteiger partial charge in [0.2, 0.25) is 0 Å². The summed E-state index contributed by atoms with van der Waals surface area (Å²) in [6, 6.07) is 11.7. The molecule has 1 aliphatic rings. The lowest BCUT2D eigenvalue weighted by Crippen LogP contribution is -2.34. The summed E-state index contributed by atoms with van der Waals surface area (Å²) in [6.45, 7) is 1.51. The fourth-order valence-corrected chi connectivity index (χ4v) is 3.64. The molecule has 0 radical (unpaired) electrons. The maximum absolute atomic E-state index is 12.5. The van der Waals surface area contributed by atoms with Crippen LogP contribution in [0.3, 0.4) is 0 Å². The first kappa shape index (κ1) is 18.7. The van der Waals surface area contributed by atoms with Gasteiger partial charge in [-0.2, -0.15) is 0 Å². The Kier molecular flexibility index (Phi) is 5.82. The second-order valence-electron chi connectivity index (χ2n) is 5.35. The Morgan fingerprint density at radius 1 is 1.23 bits per heavy atom. The first-order chi connectivity index (χ1) is 12.5. The van der Waals surface area contributed by atoms with Crippen molar-refractivity contribution in [3.8, 4) is 5.69 Å². The van der Waals surface area contributed by atoms with Crippen LogP contribution in [0.2, 0.25) is 0 Å². The Hall–Kier alpha value is -2.07. The molecule has 0 saturated carbocycles. The van der Waals surface area contributed by atoms with Crippen molar-refractivity contribution in [3.63, 3.8) is 0 Å². The van der Waals surface area contributed by atoms with Crippen LogP contribution in [0.1, 0.15) is 12.6 Å². The molecule has 6 nitrogen and oxygen atoms in total. The van der Waals surface area contributed by atoms with Crippen molar-refractivity contribution in [2.45, 2.75) is 6.92 Å². The summed E-state index contributed by atoms with van der Waals surface area (Å²) < 4.78 is 7.86. The van der Waals surface area contributed by atoms with Crippen LogP contribution in [-0.2, 0) is 14.3 Å². The van der Waals surface area contributed by atoms with Gasteiger partial charge in [0.05, 0.1) is 11.5 Å². The topological polar surface area (TPSA) is 68.6 Å². The number of amides is 2. The molecular formula is C18H15IN2O4S. The summed E-state index contributed by atoms with van der Waals surface area (Å²) in [5, 5.41) is -0.471. The zero-order valence-corrected chi connectivity index (χ0v) is 16.8. The Balaban J connectivity index is 1.84. The van der Waals surface area contributed by atoms with E-state index in [-0.39, 0.29) is 18.1 Å². The predicted octanol–water partition coefficient (Wildman–Crippen LogP) is 3.68. The molecule has 2 aromatic rings. The summed E-state index contributed by atoms with van der Waals surface area (Å²) in [4.78, 5) is 37.3. The Labute approximate surface area is 168 Å². The Bertz CT molecular complexity index is 889. The molecule has 0 atom stereocenters. The van der Waals surface area contributed by atoms with Crippen LogP contribution in [0.25, 0.3) is 11.8 Å². The van der Waals surface area contributed by atoms with Gasteiger partial charge in [-0.15, -0.1) is 0 Å². The van der Waals surface area contributed by atoms with Gasteiger partial charge in [0.25, 0.3) is 11.1 Å². The molecule has 2 amide bonds. The van der Waals surface area contributed by atoms with Crippen LogP contribution < -0.4 is 0 Å². The fourth-order valence-electron chi connectivity index (χ4n) is 2.45. The molecule has 1 aromatic heterocycles. The van der Waals surface area contributed by atoms with Crippen LogP contribution in [-0.4, -0.2) is 39.7 Å². The first-order valence-electron chi connectivity index (χ1n) is 7.84. The third-order valence-electron chi connectivity index (χ3n) is 3.63. The molecule has 134 valence electrons. The van der Waals surface area contributed by atoms with Gasteiger partial charge >= 0.3 is 5.97 Å². The number of benzene rings is 1. The van der Waals surface area contributed by atoms with E-state index in [1.165, 1.54) is 0 Å². The summed E-state index contributed by atoms with van der Waals surface area (Å²) in [6.07, 6.45) is 3.55. The Morgan fingerprint density at radius 3 is 2.65 bits per heavy atom. The SMILES string of the molecule is CCOC(=O)CN1C(=O)S/C(=C/c2cccn2-c2ccc(I)cc2)C1=O. The monoisotopic (exact) mass is 482 g/mol. The van der Waals surface area contributed by atoms with Gasteiger partial charge in [-0.25, -0.2) is 0 Å². The second kappa shape index (κ2) is 8.09. The van der Waals surface area contributed by atoms with E-state index >= 15 is 0 Å². The average molecular weight is 482 g/mol. The summed E-state index contributed by atoms with van der Waals surface area (Å²) in [5.74, 6) is -1.08. The van der Waals surface area contributed by atoms with Gasteiger partial charge in [0.15, 0.2) is 0 Å². The molecule has 2 heterocycles. The minimum atomic E-state index is -0.599. The van der Waals surface area contributed by atoms with Gasteiger partial charge in [-0.3, -0.25) is 19.3 Å². The highest BCUT2D eigenvalue weighted by atomic mass is 127. The molecule has 0 bridgehead atoms. The van der Waals surface area contributed by atoms with Gasteiger partial charge < -0.3 is 9.30 Å². The highest BCUT2D eigenvalue weighted by Crippen LogP contribution is 2.32. The number of rotatable bonds is 5. The van der Waals surface area contributed by atoms with Gasteiger partial charge in [-0.1, -0.05) is 0 Å². The number of halogens is 1. The molecular weight excluding hydrogens is 467 g/mol. The molecule has 0 unspecified atom stereocenters. The molecule has 1 aliphatic heterocycles. The lowest BCUT2D eigenvalue weighted by molar-refractivity contribution is -0.145. The highest BCUT2D eigenvalue weighted by molar-refractivity contribution is 14.1. The number of carbonyl (C=O) groups excluding carboxylic acids is 3. The Morgan fingerprint density at radius 2 is 1.96 bits per heavy atom. The van der Waals surface area contributed by atoms with Crippen LogP contribution >= 0.6 is 34.4 Å². The fraction of sp³-hybridized carbons (Fsp3) is 0.167. The molecule has 1 saturated heterocycles. The minimum Gasteiger partial charge on any atom is -0.465 e. The van der Waals surface area contributed by atoms with E-state index < -0.39 is 17.1 Å². The second-order valence-corrected chi connectivity index (χ2v) is 7.59. The molecule has 3 rings (SSSR count). The van der Waals surface area contributed by atoms with Crippen LogP contribution in [0, 0.1) is 3.57 Å². The predicted molar refractivity (Wildman–Crippen MR) is 108 cm³/mol. The lowest BCUT2D eigenvalue weighted by Gasteiger charge is -2.11. The molecule has 0 aliphatic carbocycles. The molecule has 1 fully saturated rings. The highest BCUT2D eigenvalue weighted by Gasteiger charge is 2.36. The maximum Gasteiger partial charge on any atom is 0.326 e. The number of ether oxygens (including phenoxy) is 1. The number of carbonyl (C=O) groups is 3. The number of nitrogens with zero attached hydrogens (tertiary/aromatic N) is 2. The number of imide groups is 1. The van der Waals surface area contributed by atoms with E-state index in [0.717, 1.165) is 31.6 Å². The zero-order chi connectivity index (χ0) is 18.7. The summed E-state index contributed by atoms with van der Waals surface area (Å²) in [5.41, 5.74) is 1.72. The number of esters is 1. The third kappa shape index (κ3) is 4.01. The smallest absolute Gasteiger partial charge is 0.326 e. The van der Waals surface area contributed by atoms with Crippen molar-refractivity contribution in [1.82, 2.24) is 9.47 Å². The minimum absolute atomic E-state index is 0.203. The normalized spacial score (nSPS) is 15.8. The average Bonchev–Trinajstić information content (AvgIpc) is 3.16. The third-order valence-corrected chi connectivity index (χ3v) is 5.26. The molecule has 0 N–H and O–H groups in total. The van der Waals surface area contributed by atoms with E-state index in [4.69, 9.17) is 4.74 Å². The maximum atomic E-state index is 12.5. The number of hydrogen-bond donors (Lipinski definition) is 0. The van der Waals surface area contributed by atoms with E-state index in [0.29, 0.717) is 0 Å². The van der Waals surface area contributed by atoms with E-state index in [1.54, 1.807) is 13.0 Å². The summed E-state index contributed by atoms with van der Waals surface area (Å²) in [7, 11) is 0. The van der Waals surface area contributed by atoms with Crippen LogP contribution in [0.15, 0.2) is 47.5 Å². The van der Waals surface area contributed by atoms with Crippen molar-refractivity contribution in [2.75, 3.05) is 13.2 Å². The van der Waals surface area contributed by atoms with E-state index in [2.05, 4.69) is 22.6 Å². The van der Waals surface area contributed by atoms with Gasteiger partial charge in [0, 0.05) is 21.1 Å². The lowest BCUT2D eigenvalue weighted by atomic mass is 10.3. The number of aromatic nitrogens is 1. The largest absolute Gasteiger partial charge is 0.465 e. The molecule has 8 heteroatoms. The van der Waals surface area contributed by atoms with Crippen molar-refractivity contribution in [2.24, 2.45) is 0 Å². The molecule has 1 aromatic carbocycles. The summed E-state index contributed by atoms with van der Waals surface area (Å²) >= 11 is 3.06.